The third kappa shape index (κ3) is 12.2. The summed E-state index contributed by atoms with van der Waals surface area (Å²) in [5, 5.41) is 28.2. The summed E-state index contributed by atoms with van der Waals surface area (Å²) >= 11 is 0. The zero-order chi connectivity index (χ0) is 47.8. The number of carbonyl (C=O) groups excluding carboxylic acids is 3. The number of carboxylic acids is 1. The van der Waals surface area contributed by atoms with E-state index in [0.29, 0.717) is 54.7 Å². The van der Waals surface area contributed by atoms with Gasteiger partial charge < -0.3 is 30.9 Å². The molecule has 358 valence electrons. The van der Waals surface area contributed by atoms with Gasteiger partial charge in [0.15, 0.2) is 0 Å². The number of nitrogens with two attached hydrogens (primary N) is 1. The van der Waals surface area contributed by atoms with E-state index in [1.807, 2.05) is 36.4 Å². The Hall–Kier alpha value is -5.84. The van der Waals surface area contributed by atoms with Crippen molar-refractivity contribution in [1.82, 2.24) is 19.6 Å². The van der Waals surface area contributed by atoms with Gasteiger partial charge in [-0.3, -0.25) is 29.0 Å². The molecular weight excluding hydrogens is 871 g/mol. The summed E-state index contributed by atoms with van der Waals surface area (Å²) in [6.45, 7) is 0.539. The fourth-order valence-electron chi connectivity index (χ4n) is 10.8. The normalized spacial score (nSPS) is 22.2. The number of rotatable bonds is 17. The van der Waals surface area contributed by atoms with Crippen molar-refractivity contribution >= 4 is 23.7 Å². The number of hydrogen-bond acceptors (Lipinski definition) is 8. The van der Waals surface area contributed by atoms with Gasteiger partial charge in [0.25, 0.3) is 0 Å². The monoisotopic (exact) mass is 929 g/mol. The zero-order valence-electron chi connectivity index (χ0n) is 37.4. The number of carboxylic acid groups (broad SMARTS) is 1. The van der Waals surface area contributed by atoms with Gasteiger partial charge in [0, 0.05) is 73.5 Å². The van der Waals surface area contributed by atoms with E-state index in [9.17, 15) is 47.0 Å². The molecule has 4 fully saturated rings. The number of phenols is 1. The Morgan fingerprint density at radius 2 is 1.01 bits per heavy atom. The highest BCUT2D eigenvalue weighted by Gasteiger charge is 2.42. The van der Waals surface area contributed by atoms with Crippen LogP contribution in [0.15, 0.2) is 84.9 Å². The van der Waals surface area contributed by atoms with Crippen LogP contribution in [0.25, 0.3) is 0 Å². The van der Waals surface area contributed by atoms with Gasteiger partial charge in [-0.1, -0.05) is 36.4 Å². The number of primary amides is 1. The van der Waals surface area contributed by atoms with Gasteiger partial charge in [-0.05, 0) is 123 Å². The molecule has 0 aromatic heterocycles. The van der Waals surface area contributed by atoms with Gasteiger partial charge in [0.05, 0.1) is 19.5 Å². The number of hydrogen-bond donors (Lipinski definition) is 4. The lowest BCUT2D eigenvalue weighted by molar-refractivity contribution is -0.141. The van der Waals surface area contributed by atoms with Crippen LogP contribution in [-0.4, -0.2) is 116 Å². The molecule has 4 bridgehead atoms. The molecule has 3 amide bonds. The van der Waals surface area contributed by atoms with E-state index in [1.54, 1.807) is 12.1 Å². The van der Waals surface area contributed by atoms with Gasteiger partial charge in [0.2, 0.25) is 17.7 Å². The summed E-state index contributed by atoms with van der Waals surface area (Å²) in [7, 11) is 0. The van der Waals surface area contributed by atoms with E-state index in [0.717, 1.165) is 86.8 Å². The molecular formula is C51H59F4N5O7. The molecule has 0 saturated carbocycles. The number of carbonyl (C=O) groups is 4. The molecule has 4 saturated heterocycles. The number of aliphatic hydroxyl groups is 1. The summed E-state index contributed by atoms with van der Waals surface area (Å²) in [6.07, 6.45) is 7.45. The maximum Gasteiger partial charge on any atom is 0.303 e. The van der Waals surface area contributed by atoms with Crippen molar-refractivity contribution in [2.75, 3.05) is 32.8 Å². The number of nitrogens with zero attached hydrogens (tertiary/aromatic N) is 4. The van der Waals surface area contributed by atoms with E-state index in [1.165, 1.54) is 21.9 Å². The van der Waals surface area contributed by atoms with E-state index >= 15 is 0 Å². The Morgan fingerprint density at radius 1 is 0.597 bits per heavy atom. The second-order valence-electron chi connectivity index (χ2n) is 18.2. The molecule has 0 aliphatic carbocycles. The number of phenolic OH excluding ortho intramolecular Hbond substituents is 1. The molecule has 2 unspecified atom stereocenters. The molecule has 12 nitrogen and oxygen atoms in total. The van der Waals surface area contributed by atoms with Crippen LogP contribution in [0.4, 0.5) is 17.6 Å². The maximum atomic E-state index is 14.2. The van der Waals surface area contributed by atoms with Crippen molar-refractivity contribution in [2.45, 2.75) is 113 Å². The Kier molecular flexibility index (Phi) is 16.3. The highest BCUT2D eigenvalue weighted by Crippen LogP contribution is 2.44. The zero-order valence-corrected chi connectivity index (χ0v) is 37.4. The van der Waals surface area contributed by atoms with Gasteiger partial charge in [0.1, 0.15) is 35.6 Å². The molecule has 67 heavy (non-hydrogen) atoms. The third-order valence-electron chi connectivity index (χ3n) is 14.2. The molecule has 8 rings (SSSR count). The standard InChI is InChI=1S/C26H30F2N2O4.C25H29F2N3O3/c27-23-5-2-6-24(28)22(23)16-29(25(32)9-10-26(33)34)11-12-30-19-7-8-20(30)14-18(13-19)17-3-1-4-21(31)15-17;26-22-5-2-6-23(27)21(22)14-29(24(32)15-31)9-10-30-19-7-8-20(30)13-18(12-19)16-3-1-4-17(11-16)25(28)33/h1-6,15,18-20,31H,7-14,16H2,(H,33,34);1-6,11,18-20,31H,7-10,12-15H2,(H2,28,33)/t;18-,19+,20-. The Bertz CT molecular complexity index is 2340. The molecule has 4 aromatic rings. The molecule has 16 heteroatoms. The first-order valence-electron chi connectivity index (χ1n) is 23.1. The maximum absolute atomic E-state index is 14.2. The van der Waals surface area contributed by atoms with Crippen LogP contribution in [0.2, 0.25) is 0 Å². The van der Waals surface area contributed by atoms with Crippen LogP contribution >= 0.6 is 0 Å². The molecule has 4 aliphatic heterocycles. The molecule has 5 atom stereocenters. The number of aliphatic carboxylic acids is 1. The van der Waals surface area contributed by atoms with Crippen LogP contribution in [-0.2, 0) is 27.5 Å². The number of aliphatic hydroxyl groups excluding tert-OH is 1. The lowest BCUT2D eigenvalue weighted by atomic mass is 9.84. The minimum absolute atomic E-state index is 0.171. The fraction of sp³-hybridized carbons (Fsp3) is 0.451. The molecule has 5 N–H and O–H groups in total. The highest BCUT2D eigenvalue weighted by atomic mass is 19.1. The first-order chi connectivity index (χ1) is 32.2. The fourth-order valence-corrected chi connectivity index (χ4v) is 10.8. The van der Waals surface area contributed by atoms with Gasteiger partial charge >= 0.3 is 5.97 Å². The smallest absolute Gasteiger partial charge is 0.303 e. The number of benzene rings is 4. The minimum atomic E-state index is -1.09. The number of piperidine rings is 2. The van der Waals surface area contributed by atoms with Crippen LogP contribution in [0.5, 0.6) is 5.75 Å². The number of aromatic hydroxyl groups is 1. The molecule has 0 spiro atoms. The van der Waals surface area contributed by atoms with Gasteiger partial charge in [-0.25, -0.2) is 17.6 Å². The van der Waals surface area contributed by atoms with E-state index in [-0.39, 0.29) is 55.9 Å². The second kappa shape index (κ2) is 22.3. The summed E-state index contributed by atoms with van der Waals surface area (Å²) in [5.74, 6) is -4.38. The van der Waals surface area contributed by atoms with Crippen molar-refractivity contribution in [3.63, 3.8) is 0 Å². The first-order valence-corrected chi connectivity index (χ1v) is 23.1. The van der Waals surface area contributed by atoms with Crippen LogP contribution in [0.3, 0.4) is 0 Å². The summed E-state index contributed by atoms with van der Waals surface area (Å²) in [6, 6.07) is 23.5. The number of fused-ring (bicyclic) bond motifs is 4. The predicted octanol–water partition coefficient (Wildman–Crippen LogP) is 7.07. The minimum Gasteiger partial charge on any atom is -0.508 e. The van der Waals surface area contributed by atoms with Gasteiger partial charge in [-0.15, -0.1) is 0 Å². The Morgan fingerprint density at radius 3 is 1.43 bits per heavy atom. The summed E-state index contributed by atoms with van der Waals surface area (Å²) in [4.78, 5) is 55.0. The van der Waals surface area contributed by atoms with Crippen molar-refractivity contribution in [2.24, 2.45) is 5.73 Å². The summed E-state index contributed by atoms with van der Waals surface area (Å²) < 4.78 is 56.7. The summed E-state index contributed by atoms with van der Waals surface area (Å²) in [5.41, 5.74) is 7.85. The van der Waals surface area contributed by atoms with Gasteiger partial charge in [-0.2, -0.15) is 0 Å². The van der Waals surface area contributed by atoms with Crippen LogP contribution in [0.1, 0.15) is 109 Å². The topological polar surface area (TPSA) is 168 Å². The lowest BCUT2D eigenvalue weighted by Crippen LogP contribution is -2.47. The van der Waals surface area contributed by atoms with Crippen molar-refractivity contribution < 1.29 is 52.1 Å². The third-order valence-corrected chi connectivity index (χ3v) is 14.2. The predicted molar refractivity (Wildman–Crippen MR) is 242 cm³/mol. The lowest BCUT2D eigenvalue weighted by Gasteiger charge is -2.40. The van der Waals surface area contributed by atoms with E-state index < -0.39 is 53.6 Å². The molecule has 4 heterocycles. The van der Waals surface area contributed by atoms with Crippen molar-refractivity contribution in [3.05, 3.63) is 136 Å². The molecule has 4 aromatic carbocycles. The Labute approximate surface area is 388 Å². The molecule has 0 radical (unpaired) electrons. The SMILES string of the molecule is NC(=O)c1cccc([C@H]2C[C@H]3CC[C@@H](C2)N3CCN(Cc2c(F)cccc2F)C(=O)CO)c1.O=C(O)CCC(=O)N(CCN1C2CCC1CC(c1cccc(O)c1)C2)Cc1c(F)cccc1F. The van der Waals surface area contributed by atoms with Crippen LogP contribution < -0.4 is 5.73 Å². The number of halogens is 4. The second-order valence-corrected chi connectivity index (χ2v) is 18.2. The van der Waals surface area contributed by atoms with E-state index in [2.05, 4.69) is 9.80 Å². The molecule has 4 aliphatic rings. The van der Waals surface area contributed by atoms with E-state index in [4.69, 9.17) is 10.8 Å². The largest absolute Gasteiger partial charge is 0.508 e. The average Bonchev–Trinajstić information content (AvgIpc) is 3.68. The quantitative estimate of drug-likeness (QED) is 0.0811. The first kappa shape index (κ1) is 49.1. The van der Waals surface area contributed by atoms with Crippen molar-refractivity contribution in [3.8, 4) is 5.75 Å². The Balaban J connectivity index is 0.000000199. The average molecular weight is 930 g/mol. The van der Waals surface area contributed by atoms with Crippen molar-refractivity contribution in [1.29, 1.82) is 0 Å². The number of amides is 3. The van der Waals surface area contributed by atoms with Crippen LogP contribution in [0, 0.1) is 23.3 Å². The highest BCUT2D eigenvalue weighted by molar-refractivity contribution is 5.93.